The van der Waals surface area contributed by atoms with Crippen LogP contribution < -0.4 is 0 Å². The highest BCUT2D eigenvalue weighted by Gasteiger charge is 2.26. The average Bonchev–Trinajstić information content (AvgIpc) is 2.66. The van der Waals surface area contributed by atoms with Gasteiger partial charge in [-0.25, -0.2) is 7.91 Å². The predicted molar refractivity (Wildman–Crippen MR) is 71.6 cm³/mol. The molecule has 0 aromatic heterocycles. The summed E-state index contributed by atoms with van der Waals surface area (Å²) in [6.07, 6.45) is 0.245. The molecule has 0 bridgehead atoms. The maximum atomic E-state index is 11.4. The molecular formula is C10H19IN2O4. The molecule has 1 heterocycles. The Morgan fingerprint density at radius 1 is 1.65 bits per heavy atom. The summed E-state index contributed by atoms with van der Waals surface area (Å²) in [5.41, 5.74) is 0. The Balaban J connectivity index is 0.00000121. The van der Waals surface area contributed by atoms with Crippen LogP contribution in [0.1, 0.15) is 13.3 Å². The van der Waals surface area contributed by atoms with Crippen molar-refractivity contribution < 1.29 is 19.4 Å². The Kier molecular flexibility index (Phi) is 8.23. The van der Waals surface area contributed by atoms with Crippen molar-refractivity contribution in [3.63, 3.8) is 0 Å². The third-order valence-electron chi connectivity index (χ3n) is 2.35. The number of ether oxygens (including phenoxy) is 1. The summed E-state index contributed by atoms with van der Waals surface area (Å²) in [6.45, 7) is 3.94. The number of carbonyl (C=O) groups excluding carboxylic acids is 2. The molecule has 1 saturated heterocycles. The van der Waals surface area contributed by atoms with Crippen molar-refractivity contribution in [1.29, 1.82) is 0 Å². The topological polar surface area (TPSA) is 70.1 Å². The van der Waals surface area contributed by atoms with Gasteiger partial charge in [0.05, 0.1) is 36.5 Å². The highest BCUT2D eigenvalue weighted by atomic mass is 127. The monoisotopic (exact) mass is 358 g/mol. The molecule has 2 amide bonds. The SMILES string of the molecule is CO.COC(=O)N(I)CCN1CC(C)CC1=O. The van der Waals surface area contributed by atoms with Gasteiger partial charge in [0.1, 0.15) is 0 Å². The number of nitrogens with zero attached hydrogens (tertiary/aromatic N) is 2. The van der Waals surface area contributed by atoms with E-state index in [9.17, 15) is 9.59 Å². The Bertz CT molecular complexity index is 263. The summed E-state index contributed by atoms with van der Waals surface area (Å²) in [7, 11) is 2.34. The lowest BCUT2D eigenvalue weighted by Crippen LogP contribution is -2.34. The van der Waals surface area contributed by atoms with Crippen molar-refractivity contribution in [2.75, 3.05) is 33.9 Å². The van der Waals surface area contributed by atoms with Gasteiger partial charge in [-0.3, -0.25) is 4.79 Å². The van der Waals surface area contributed by atoms with Crippen LogP contribution in [0.5, 0.6) is 0 Å². The fourth-order valence-corrected chi connectivity index (χ4v) is 2.00. The number of methoxy groups -OCH3 is 1. The number of hydrogen-bond donors (Lipinski definition) is 1. The number of halogens is 1. The van der Waals surface area contributed by atoms with Gasteiger partial charge in [0, 0.05) is 26.6 Å². The first kappa shape index (κ1) is 16.4. The molecule has 100 valence electrons. The van der Waals surface area contributed by atoms with E-state index >= 15 is 0 Å². The van der Waals surface area contributed by atoms with Gasteiger partial charge >= 0.3 is 6.09 Å². The fourth-order valence-electron chi connectivity index (χ4n) is 1.58. The van der Waals surface area contributed by atoms with Crippen LogP contribution in [0.15, 0.2) is 0 Å². The molecule has 0 aromatic rings. The van der Waals surface area contributed by atoms with Crippen LogP contribution in [-0.4, -0.2) is 59.0 Å². The third-order valence-corrected chi connectivity index (χ3v) is 3.22. The standard InChI is InChI=1S/C9H15IN2O3.CH4O/c1-7-5-8(13)11(6-7)3-4-12(10)9(14)15-2;1-2/h7H,3-6H2,1-2H3;2H,1H3. The summed E-state index contributed by atoms with van der Waals surface area (Å²) >= 11 is 1.89. The minimum absolute atomic E-state index is 0.178. The molecule has 1 atom stereocenters. The molecule has 1 rings (SSSR count). The van der Waals surface area contributed by atoms with Gasteiger partial charge in [-0.2, -0.15) is 0 Å². The van der Waals surface area contributed by atoms with E-state index in [1.165, 1.54) is 10.2 Å². The molecule has 1 N–H and O–H groups in total. The lowest BCUT2D eigenvalue weighted by Gasteiger charge is -2.19. The van der Waals surface area contributed by atoms with Gasteiger partial charge in [-0.1, -0.05) is 6.92 Å². The van der Waals surface area contributed by atoms with Gasteiger partial charge in [0.25, 0.3) is 0 Å². The lowest BCUT2D eigenvalue weighted by atomic mass is 10.2. The summed E-state index contributed by atoms with van der Waals surface area (Å²) in [5, 5.41) is 7.00. The zero-order valence-electron chi connectivity index (χ0n) is 10.4. The van der Waals surface area contributed by atoms with E-state index in [1.807, 2.05) is 22.9 Å². The van der Waals surface area contributed by atoms with Crippen LogP contribution in [-0.2, 0) is 9.53 Å². The number of rotatable bonds is 3. The van der Waals surface area contributed by atoms with E-state index in [4.69, 9.17) is 5.11 Å². The third kappa shape index (κ3) is 5.53. The van der Waals surface area contributed by atoms with E-state index in [-0.39, 0.29) is 12.0 Å². The molecule has 1 fully saturated rings. The number of hydrogen-bond acceptors (Lipinski definition) is 4. The van der Waals surface area contributed by atoms with Crippen molar-refractivity contribution in [1.82, 2.24) is 8.01 Å². The summed E-state index contributed by atoms with van der Waals surface area (Å²) in [5.74, 6) is 0.607. The van der Waals surface area contributed by atoms with E-state index in [1.54, 1.807) is 4.90 Å². The summed E-state index contributed by atoms with van der Waals surface area (Å²) < 4.78 is 5.99. The van der Waals surface area contributed by atoms with Crippen LogP contribution in [0.25, 0.3) is 0 Å². The predicted octanol–water partition coefficient (Wildman–Crippen LogP) is 0.882. The maximum absolute atomic E-state index is 11.4. The molecule has 0 aliphatic carbocycles. The highest BCUT2D eigenvalue weighted by molar-refractivity contribution is 14.1. The van der Waals surface area contributed by atoms with Crippen LogP contribution >= 0.6 is 22.9 Å². The molecule has 1 unspecified atom stereocenters. The zero-order valence-corrected chi connectivity index (χ0v) is 12.5. The second-order valence-electron chi connectivity index (χ2n) is 3.70. The first-order valence-electron chi connectivity index (χ1n) is 5.28. The molecule has 0 radical (unpaired) electrons. The van der Waals surface area contributed by atoms with Gasteiger partial charge in [0.2, 0.25) is 5.91 Å². The number of amides is 2. The van der Waals surface area contributed by atoms with Crippen molar-refractivity contribution >= 4 is 34.9 Å². The van der Waals surface area contributed by atoms with Crippen molar-refractivity contribution in [2.24, 2.45) is 5.92 Å². The first-order valence-corrected chi connectivity index (χ1v) is 6.25. The van der Waals surface area contributed by atoms with Gasteiger partial charge in [-0.05, 0) is 5.92 Å². The van der Waals surface area contributed by atoms with E-state index in [0.29, 0.717) is 25.4 Å². The highest BCUT2D eigenvalue weighted by Crippen LogP contribution is 2.16. The quantitative estimate of drug-likeness (QED) is 0.601. The largest absolute Gasteiger partial charge is 0.452 e. The average molecular weight is 358 g/mol. The molecule has 1 aliphatic rings. The molecular weight excluding hydrogens is 339 g/mol. The number of carbonyl (C=O) groups is 2. The maximum Gasteiger partial charge on any atom is 0.418 e. The molecule has 17 heavy (non-hydrogen) atoms. The summed E-state index contributed by atoms with van der Waals surface area (Å²) in [4.78, 5) is 24.3. The molecule has 0 saturated carbocycles. The van der Waals surface area contributed by atoms with Gasteiger partial charge in [0.15, 0.2) is 0 Å². The van der Waals surface area contributed by atoms with E-state index < -0.39 is 0 Å². The van der Waals surface area contributed by atoms with Crippen LogP contribution in [0.2, 0.25) is 0 Å². The number of likely N-dealkylation sites (tertiary alicyclic amines) is 1. The number of aliphatic hydroxyl groups excluding tert-OH is 1. The van der Waals surface area contributed by atoms with Crippen molar-refractivity contribution in [2.45, 2.75) is 13.3 Å². The second kappa shape index (κ2) is 8.51. The first-order chi connectivity index (χ1) is 8.04. The van der Waals surface area contributed by atoms with E-state index in [0.717, 1.165) is 13.7 Å². The van der Waals surface area contributed by atoms with Crippen LogP contribution in [0.3, 0.4) is 0 Å². The summed E-state index contributed by atoms with van der Waals surface area (Å²) in [6, 6.07) is 0. The Morgan fingerprint density at radius 2 is 2.24 bits per heavy atom. The second-order valence-corrected chi connectivity index (χ2v) is 4.87. The van der Waals surface area contributed by atoms with Crippen LogP contribution in [0.4, 0.5) is 4.79 Å². The number of aliphatic hydroxyl groups is 1. The minimum atomic E-state index is -0.379. The Hall–Kier alpha value is -0.570. The Labute approximate surface area is 115 Å². The van der Waals surface area contributed by atoms with Crippen molar-refractivity contribution in [3.05, 3.63) is 0 Å². The van der Waals surface area contributed by atoms with E-state index in [2.05, 4.69) is 11.7 Å². The smallest absolute Gasteiger partial charge is 0.418 e. The molecule has 7 heteroatoms. The van der Waals surface area contributed by atoms with Gasteiger partial charge < -0.3 is 14.7 Å². The molecule has 0 aromatic carbocycles. The van der Waals surface area contributed by atoms with Gasteiger partial charge in [-0.15, -0.1) is 0 Å². The Morgan fingerprint density at radius 3 is 2.65 bits per heavy atom. The lowest BCUT2D eigenvalue weighted by molar-refractivity contribution is -0.127. The normalized spacial score (nSPS) is 18.5. The molecule has 6 nitrogen and oxygen atoms in total. The molecule has 1 aliphatic heterocycles. The van der Waals surface area contributed by atoms with Crippen LogP contribution in [0, 0.1) is 5.92 Å². The fraction of sp³-hybridized carbons (Fsp3) is 0.800. The minimum Gasteiger partial charge on any atom is -0.452 e. The zero-order chi connectivity index (χ0) is 13.4. The van der Waals surface area contributed by atoms with Crippen molar-refractivity contribution in [3.8, 4) is 0 Å². The molecule has 0 spiro atoms.